The van der Waals surface area contributed by atoms with Crippen LogP contribution in [-0.2, 0) is 9.47 Å². The highest BCUT2D eigenvalue weighted by atomic mass is 16.7. The molecule has 1 N–H and O–H groups in total. The van der Waals surface area contributed by atoms with Crippen molar-refractivity contribution in [2.24, 2.45) is 23.2 Å². The molecule has 1 saturated heterocycles. The zero-order valence-electron chi connectivity index (χ0n) is 10.1. The van der Waals surface area contributed by atoms with Gasteiger partial charge in [-0.2, -0.15) is 0 Å². The van der Waals surface area contributed by atoms with Gasteiger partial charge in [0.1, 0.15) is 0 Å². The van der Waals surface area contributed by atoms with Crippen LogP contribution in [0, 0.1) is 23.2 Å². The molecule has 3 aliphatic carbocycles. The first-order valence-electron chi connectivity index (χ1n) is 6.82. The normalized spacial score (nSPS) is 50.5. The quantitative estimate of drug-likeness (QED) is 0.758. The van der Waals surface area contributed by atoms with Crippen molar-refractivity contribution in [3.8, 4) is 0 Å². The van der Waals surface area contributed by atoms with E-state index >= 15 is 0 Å². The molecule has 0 bridgehead atoms. The molecule has 3 nitrogen and oxygen atoms in total. The van der Waals surface area contributed by atoms with Crippen molar-refractivity contribution in [1.29, 1.82) is 0 Å². The molecule has 1 aliphatic heterocycles. The maximum absolute atomic E-state index is 10.5. The first kappa shape index (κ1) is 10.5. The van der Waals surface area contributed by atoms with E-state index in [-0.39, 0.29) is 17.3 Å². The van der Waals surface area contributed by atoms with Crippen molar-refractivity contribution in [3.63, 3.8) is 0 Å². The van der Waals surface area contributed by atoms with Crippen LogP contribution in [0.1, 0.15) is 25.7 Å². The zero-order valence-corrected chi connectivity index (χ0v) is 10.1. The second kappa shape index (κ2) is 3.14. The predicted molar refractivity (Wildman–Crippen MR) is 62.2 cm³/mol. The number of fused-ring (bicyclic) bond motifs is 2. The first-order valence-corrected chi connectivity index (χ1v) is 6.82. The Morgan fingerprint density at radius 1 is 1.35 bits per heavy atom. The van der Waals surface area contributed by atoms with E-state index in [2.05, 4.69) is 6.58 Å². The lowest BCUT2D eigenvalue weighted by Crippen LogP contribution is -2.31. The second-order valence-electron chi connectivity index (χ2n) is 6.11. The summed E-state index contributed by atoms with van der Waals surface area (Å²) in [6.07, 6.45) is 5.80. The summed E-state index contributed by atoms with van der Waals surface area (Å²) in [6, 6.07) is 0. The minimum Gasteiger partial charge on any atom is -0.392 e. The number of ether oxygens (including phenoxy) is 2. The fourth-order valence-corrected chi connectivity index (χ4v) is 5.40. The van der Waals surface area contributed by atoms with E-state index in [1.165, 1.54) is 12.8 Å². The fraction of sp³-hybridized carbons (Fsp3) is 0.857. The molecular formula is C14H20O3. The molecule has 4 fully saturated rings. The van der Waals surface area contributed by atoms with Gasteiger partial charge in [0.2, 0.25) is 0 Å². The van der Waals surface area contributed by atoms with Crippen LogP contribution >= 0.6 is 0 Å². The summed E-state index contributed by atoms with van der Waals surface area (Å²) >= 11 is 0. The Bertz CT molecular complexity index is 360. The van der Waals surface area contributed by atoms with Gasteiger partial charge in [-0.05, 0) is 31.1 Å². The molecule has 0 amide bonds. The summed E-state index contributed by atoms with van der Waals surface area (Å²) in [4.78, 5) is 0. The summed E-state index contributed by atoms with van der Waals surface area (Å²) < 4.78 is 11.9. The van der Waals surface area contributed by atoms with Gasteiger partial charge in [0.25, 0.3) is 0 Å². The van der Waals surface area contributed by atoms with Crippen molar-refractivity contribution in [2.45, 2.75) is 37.6 Å². The van der Waals surface area contributed by atoms with Gasteiger partial charge in [-0.3, -0.25) is 0 Å². The average Bonchev–Trinajstić information content (AvgIpc) is 2.61. The molecule has 17 heavy (non-hydrogen) atoms. The molecule has 0 radical (unpaired) electrons. The number of hydrogen-bond donors (Lipinski definition) is 1. The Morgan fingerprint density at radius 2 is 2.12 bits per heavy atom. The minimum absolute atomic E-state index is 0.110. The largest absolute Gasteiger partial charge is 0.392 e. The van der Waals surface area contributed by atoms with E-state index in [9.17, 15) is 5.11 Å². The van der Waals surface area contributed by atoms with Crippen molar-refractivity contribution in [1.82, 2.24) is 0 Å². The van der Waals surface area contributed by atoms with E-state index < -0.39 is 0 Å². The van der Waals surface area contributed by atoms with Gasteiger partial charge in [-0.1, -0.05) is 6.08 Å². The van der Waals surface area contributed by atoms with Crippen LogP contribution in [0.4, 0.5) is 0 Å². The molecule has 5 atom stereocenters. The lowest BCUT2D eigenvalue weighted by Gasteiger charge is -2.25. The minimum atomic E-state index is -0.325. The van der Waals surface area contributed by atoms with Crippen LogP contribution in [-0.4, -0.2) is 30.2 Å². The summed E-state index contributed by atoms with van der Waals surface area (Å²) in [6.45, 7) is 5.21. The Balaban J connectivity index is 1.69. The molecule has 3 saturated carbocycles. The monoisotopic (exact) mass is 236 g/mol. The molecule has 4 rings (SSSR count). The Hall–Kier alpha value is -0.380. The highest BCUT2D eigenvalue weighted by Gasteiger charge is 2.85. The van der Waals surface area contributed by atoms with E-state index in [0.717, 1.165) is 19.6 Å². The van der Waals surface area contributed by atoms with Gasteiger partial charge in [0, 0.05) is 17.8 Å². The highest BCUT2D eigenvalue weighted by molar-refractivity contribution is 5.30. The topological polar surface area (TPSA) is 38.7 Å². The summed E-state index contributed by atoms with van der Waals surface area (Å²) in [5.74, 6) is 1.36. The van der Waals surface area contributed by atoms with Crippen LogP contribution in [0.5, 0.6) is 0 Å². The van der Waals surface area contributed by atoms with Gasteiger partial charge in [0.05, 0.1) is 19.3 Å². The lowest BCUT2D eigenvalue weighted by molar-refractivity contribution is -0.172. The maximum atomic E-state index is 10.5. The lowest BCUT2D eigenvalue weighted by atomic mass is 9.85. The van der Waals surface area contributed by atoms with Gasteiger partial charge in [-0.15, -0.1) is 6.58 Å². The third-order valence-corrected chi connectivity index (χ3v) is 5.76. The third-order valence-electron chi connectivity index (χ3n) is 5.76. The molecule has 1 spiro atoms. The van der Waals surface area contributed by atoms with Gasteiger partial charge >= 0.3 is 0 Å². The van der Waals surface area contributed by atoms with Crippen LogP contribution in [0.2, 0.25) is 0 Å². The van der Waals surface area contributed by atoms with Gasteiger partial charge in [0.15, 0.2) is 5.79 Å². The third kappa shape index (κ3) is 1.01. The predicted octanol–water partition coefficient (Wildman–Crippen LogP) is 1.71. The second-order valence-corrected chi connectivity index (χ2v) is 6.11. The molecule has 0 aromatic heterocycles. The molecule has 94 valence electrons. The molecule has 0 aromatic rings. The smallest absolute Gasteiger partial charge is 0.172 e. The average molecular weight is 236 g/mol. The number of hydrogen-bond acceptors (Lipinski definition) is 3. The number of aliphatic hydroxyl groups excluding tert-OH is 1. The standard InChI is InChI=1S/C14H20O3/c1-2-3-11(15)14-9-4-5-10(14)12(14)13(8-9)16-6-7-17-13/h2,9-12,15H,1,3-8H2/t9-,10+,11?,12+,14+/m1/s1. The van der Waals surface area contributed by atoms with Gasteiger partial charge < -0.3 is 14.6 Å². The molecular weight excluding hydrogens is 216 g/mol. The van der Waals surface area contributed by atoms with E-state index in [1.807, 2.05) is 6.08 Å². The first-order chi connectivity index (χ1) is 8.25. The zero-order chi connectivity index (χ0) is 11.7. The van der Waals surface area contributed by atoms with Crippen molar-refractivity contribution in [2.75, 3.05) is 13.2 Å². The van der Waals surface area contributed by atoms with E-state index in [4.69, 9.17) is 9.47 Å². The molecule has 1 unspecified atom stereocenters. The number of aliphatic hydroxyl groups is 1. The summed E-state index contributed by atoms with van der Waals surface area (Å²) in [5, 5.41) is 10.5. The van der Waals surface area contributed by atoms with Crippen molar-refractivity contribution >= 4 is 0 Å². The van der Waals surface area contributed by atoms with Crippen molar-refractivity contribution in [3.05, 3.63) is 12.7 Å². The Labute approximate surface area is 102 Å². The molecule has 1 heterocycles. The van der Waals surface area contributed by atoms with Crippen LogP contribution in [0.15, 0.2) is 12.7 Å². The Kier molecular flexibility index (Phi) is 1.94. The molecule has 4 aliphatic rings. The Morgan fingerprint density at radius 3 is 2.76 bits per heavy atom. The van der Waals surface area contributed by atoms with Crippen LogP contribution in [0.25, 0.3) is 0 Å². The van der Waals surface area contributed by atoms with E-state index in [0.29, 0.717) is 24.2 Å². The SMILES string of the molecule is C=CCC(O)[C@]12[C@@H]3CC[C@H]1[C@H]2C1(C3)OCCO1. The maximum Gasteiger partial charge on any atom is 0.172 e. The van der Waals surface area contributed by atoms with E-state index in [1.54, 1.807) is 0 Å². The molecule has 0 aromatic carbocycles. The van der Waals surface area contributed by atoms with Crippen LogP contribution < -0.4 is 0 Å². The molecule has 3 heteroatoms. The fourth-order valence-electron chi connectivity index (χ4n) is 5.40. The summed E-state index contributed by atoms with van der Waals surface area (Å²) in [7, 11) is 0. The summed E-state index contributed by atoms with van der Waals surface area (Å²) in [5.41, 5.74) is 0.110. The van der Waals surface area contributed by atoms with Crippen LogP contribution in [0.3, 0.4) is 0 Å². The highest BCUT2D eigenvalue weighted by Crippen LogP contribution is 2.83. The van der Waals surface area contributed by atoms with Gasteiger partial charge in [-0.25, -0.2) is 0 Å². The number of rotatable bonds is 3. The van der Waals surface area contributed by atoms with Crippen molar-refractivity contribution < 1.29 is 14.6 Å².